The van der Waals surface area contributed by atoms with E-state index >= 15 is 0 Å². The number of amides is 2. The van der Waals surface area contributed by atoms with E-state index in [1.165, 1.54) is 11.3 Å². The summed E-state index contributed by atoms with van der Waals surface area (Å²) in [4.78, 5) is 31.0. The summed E-state index contributed by atoms with van der Waals surface area (Å²) in [6.07, 6.45) is 0.648. The molecule has 25 heavy (non-hydrogen) atoms. The lowest BCUT2D eigenvalue weighted by Crippen LogP contribution is -2.31. The molecule has 0 saturated carbocycles. The maximum absolute atomic E-state index is 12.6. The maximum Gasteiger partial charge on any atom is 0.275 e. The first-order chi connectivity index (χ1) is 11.6. The zero-order chi connectivity index (χ0) is 17.5. The van der Waals surface area contributed by atoms with Crippen LogP contribution in [0.2, 0.25) is 0 Å². The highest BCUT2D eigenvalue weighted by molar-refractivity contribution is 7.09. The fraction of sp³-hybridized carbons (Fsp3) is 0.353. The van der Waals surface area contributed by atoms with Crippen molar-refractivity contribution in [2.75, 3.05) is 25.0 Å². The van der Waals surface area contributed by atoms with Crippen molar-refractivity contribution >= 4 is 41.2 Å². The number of aromatic nitrogens is 1. The predicted molar refractivity (Wildman–Crippen MR) is 104 cm³/mol. The van der Waals surface area contributed by atoms with Crippen molar-refractivity contribution in [3.05, 3.63) is 45.9 Å². The molecule has 136 valence electrons. The van der Waals surface area contributed by atoms with Crippen molar-refractivity contribution in [1.29, 1.82) is 0 Å². The number of nitrogens with one attached hydrogen (secondary N) is 1. The van der Waals surface area contributed by atoms with Crippen LogP contribution in [0.3, 0.4) is 0 Å². The molecule has 1 heterocycles. The number of benzene rings is 1. The number of anilines is 1. The molecule has 0 spiro atoms. The first kappa shape index (κ1) is 21.1. The van der Waals surface area contributed by atoms with Crippen LogP contribution in [-0.4, -0.2) is 41.3 Å². The first-order valence-corrected chi connectivity index (χ1v) is 8.82. The van der Waals surface area contributed by atoms with Gasteiger partial charge in [0.05, 0.1) is 16.3 Å². The number of nitrogens with two attached hydrogens (primary N) is 1. The van der Waals surface area contributed by atoms with Crippen LogP contribution < -0.4 is 11.1 Å². The monoisotopic (exact) mass is 382 g/mol. The molecule has 0 bridgehead atoms. The standard InChI is InChI=1S/C17H22N4O2S.ClH/c1-3-21(4-2)17(23)12-7-5-6-8-13(12)20-16(22)14-11-24-15(19-14)9-10-18;/h5-8,11H,3-4,9-10,18H2,1-2H3,(H,20,22);1H. The van der Waals surface area contributed by atoms with E-state index in [9.17, 15) is 9.59 Å². The van der Waals surface area contributed by atoms with E-state index in [0.29, 0.717) is 43.0 Å². The van der Waals surface area contributed by atoms with Crippen LogP contribution in [0.1, 0.15) is 39.7 Å². The molecule has 2 aromatic rings. The minimum absolute atomic E-state index is 0. The largest absolute Gasteiger partial charge is 0.339 e. The zero-order valence-corrected chi connectivity index (χ0v) is 16.0. The molecule has 0 aliphatic heterocycles. The fourth-order valence-corrected chi connectivity index (χ4v) is 3.09. The van der Waals surface area contributed by atoms with E-state index in [1.54, 1.807) is 34.5 Å². The van der Waals surface area contributed by atoms with E-state index in [0.717, 1.165) is 5.01 Å². The van der Waals surface area contributed by atoms with Crippen LogP contribution in [0, 0.1) is 0 Å². The Morgan fingerprint density at radius 2 is 1.92 bits per heavy atom. The normalized spacial score (nSPS) is 10.0. The Labute approximate surface area is 157 Å². The Balaban J connectivity index is 0.00000312. The average molecular weight is 383 g/mol. The molecule has 0 saturated heterocycles. The second-order valence-electron chi connectivity index (χ2n) is 5.14. The molecule has 1 aromatic carbocycles. The van der Waals surface area contributed by atoms with Crippen molar-refractivity contribution in [3.8, 4) is 0 Å². The number of carbonyl (C=O) groups excluding carboxylic acids is 2. The second-order valence-corrected chi connectivity index (χ2v) is 6.08. The van der Waals surface area contributed by atoms with Crippen LogP contribution >= 0.6 is 23.7 Å². The number of hydrogen-bond acceptors (Lipinski definition) is 5. The van der Waals surface area contributed by atoms with Gasteiger partial charge in [0.1, 0.15) is 5.69 Å². The van der Waals surface area contributed by atoms with Gasteiger partial charge in [-0.05, 0) is 32.5 Å². The summed E-state index contributed by atoms with van der Waals surface area (Å²) in [6.45, 7) is 5.59. The summed E-state index contributed by atoms with van der Waals surface area (Å²) in [5, 5.41) is 5.33. The van der Waals surface area contributed by atoms with Crippen molar-refractivity contribution in [2.45, 2.75) is 20.3 Å². The van der Waals surface area contributed by atoms with E-state index in [1.807, 2.05) is 13.8 Å². The molecule has 2 rings (SSSR count). The molecule has 0 radical (unpaired) electrons. The highest BCUT2D eigenvalue weighted by Crippen LogP contribution is 2.19. The van der Waals surface area contributed by atoms with Crippen molar-refractivity contribution in [1.82, 2.24) is 9.88 Å². The smallest absolute Gasteiger partial charge is 0.275 e. The third-order valence-electron chi connectivity index (χ3n) is 3.60. The third-order valence-corrected chi connectivity index (χ3v) is 4.51. The van der Waals surface area contributed by atoms with Crippen LogP contribution in [0.4, 0.5) is 5.69 Å². The van der Waals surface area contributed by atoms with Crippen LogP contribution in [0.25, 0.3) is 0 Å². The summed E-state index contributed by atoms with van der Waals surface area (Å²) >= 11 is 1.41. The summed E-state index contributed by atoms with van der Waals surface area (Å²) in [6, 6.07) is 7.02. The predicted octanol–water partition coefficient (Wildman–Crippen LogP) is 2.80. The molecule has 3 N–H and O–H groups in total. The van der Waals surface area contributed by atoms with E-state index in [4.69, 9.17) is 5.73 Å². The van der Waals surface area contributed by atoms with Crippen molar-refractivity contribution < 1.29 is 9.59 Å². The first-order valence-electron chi connectivity index (χ1n) is 7.94. The number of para-hydroxylation sites is 1. The number of hydrogen-bond donors (Lipinski definition) is 2. The van der Waals surface area contributed by atoms with Crippen molar-refractivity contribution in [3.63, 3.8) is 0 Å². The summed E-state index contributed by atoms with van der Waals surface area (Å²) in [7, 11) is 0. The van der Waals surface area contributed by atoms with Crippen LogP contribution in [0.5, 0.6) is 0 Å². The molecule has 2 amide bonds. The molecule has 0 atom stereocenters. The van der Waals surface area contributed by atoms with Gasteiger partial charge in [0, 0.05) is 24.9 Å². The molecule has 1 aromatic heterocycles. The highest BCUT2D eigenvalue weighted by Gasteiger charge is 2.18. The third kappa shape index (κ3) is 5.26. The van der Waals surface area contributed by atoms with Gasteiger partial charge in [-0.15, -0.1) is 23.7 Å². The molecule has 0 fully saturated rings. The number of thiazole rings is 1. The van der Waals surface area contributed by atoms with E-state index in [-0.39, 0.29) is 24.2 Å². The quantitative estimate of drug-likeness (QED) is 0.770. The Bertz CT molecular complexity index is 716. The van der Waals surface area contributed by atoms with Gasteiger partial charge < -0.3 is 16.0 Å². The average Bonchev–Trinajstić information content (AvgIpc) is 3.05. The SMILES string of the molecule is CCN(CC)C(=O)c1ccccc1NC(=O)c1csc(CCN)n1.Cl. The number of nitrogens with zero attached hydrogens (tertiary/aromatic N) is 2. The minimum atomic E-state index is -0.325. The zero-order valence-electron chi connectivity index (χ0n) is 14.3. The van der Waals surface area contributed by atoms with Gasteiger partial charge in [-0.2, -0.15) is 0 Å². The van der Waals surface area contributed by atoms with Gasteiger partial charge in [0.25, 0.3) is 11.8 Å². The Kier molecular flexibility index (Phi) is 8.54. The van der Waals surface area contributed by atoms with Crippen molar-refractivity contribution in [2.24, 2.45) is 5.73 Å². The van der Waals surface area contributed by atoms with E-state index in [2.05, 4.69) is 10.3 Å². The number of halogens is 1. The second kappa shape index (κ2) is 10.1. The molecular weight excluding hydrogens is 360 g/mol. The Morgan fingerprint density at radius 3 is 2.56 bits per heavy atom. The number of carbonyl (C=O) groups is 2. The van der Waals surface area contributed by atoms with Gasteiger partial charge in [0.2, 0.25) is 0 Å². The van der Waals surface area contributed by atoms with Gasteiger partial charge in [0.15, 0.2) is 0 Å². The van der Waals surface area contributed by atoms with E-state index < -0.39 is 0 Å². The topological polar surface area (TPSA) is 88.3 Å². The maximum atomic E-state index is 12.6. The lowest BCUT2D eigenvalue weighted by molar-refractivity contribution is 0.0774. The summed E-state index contributed by atoms with van der Waals surface area (Å²) in [5.74, 6) is -0.424. The molecular formula is C17H23ClN4O2S. The summed E-state index contributed by atoms with van der Waals surface area (Å²) < 4.78 is 0. The van der Waals surface area contributed by atoms with Gasteiger partial charge >= 0.3 is 0 Å². The van der Waals surface area contributed by atoms with Crippen LogP contribution in [0.15, 0.2) is 29.6 Å². The molecule has 0 aliphatic rings. The highest BCUT2D eigenvalue weighted by atomic mass is 35.5. The molecule has 0 unspecified atom stereocenters. The Morgan fingerprint density at radius 1 is 1.24 bits per heavy atom. The molecule has 6 nitrogen and oxygen atoms in total. The van der Waals surface area contributed by atoms with Gasteiger partial charge in [-0.25, -0.2) is 4.98 Å². The van der Waals surface area contributed by atoms with Gasteiger partial charge in [-0.1, -0.05) is 12.1 Å². The molecule has 0 aliphatic carbocycles. The van der Waals surface area contributed by atoms with Crippen LogP contribution in [-0.2, 0) is 6.42 Å². The fourth-order valence-electron chi connectivity index (χ4n) is 2.30. The lowest BCUT2D eigenvalue weighted by atomic mass is 10.1. The Hall–Kier alpha value is -1.96. The minimum Gasteiger partial charge on any atom is -0.339 e. The van der Waals surface area contributed by atoms with Gasteiger partial charge in [-0.3, -0.25) is 9.59 Å². The lowest BCUT2D eigenvalue weighted by Gasteiger charge is -2.20. The summed E-state index contributed by atoms with van der Waals surface area (Å²) in [5.41, 5.74) is 6.81. The molecule has 8 heteroatoms. The number of rotatable bonds is 7.